The molecule has 1 aliphatic rings. The summed E-state index contributed by atoms with van der Waals surface area (Å²) < 4.78 is 0. The number of carbonyl (C=O) groups is 1. The number of carbonyl (C=O) groups excluding carboxylic acids is 1. The number of hydrogen-bond acceptors (Lipinski definition) is 4. The van der Waals surface area contributed by atoms with Gasteiger partial charge in [0, 0.05) is 5.56 Å². The van der Waals surface area contributed by atoms with Crippen molar-refractivity contribution in [2.75, 3.05) is 26.2 Å². The lowest BCUT2D eigenvalue weighted by molar-refractivity contribution is -0.917. The van der Waals surface area contributed by atoms with Crippen LogP contribution in [-0.2, 0) is 11.3 Å². The largest absolute Gasteiger partial charge is 0.382 e. The highest BCUT2D eigenvalue weighted by atomic mass is 16.7. The Morgan fingerprint density at radius 2 is 1.81 bits per heavy atom. The summed E-state index contributed by atoms with van der Waals surface area (Å²) in [7, 11) is 0. The summed E-state index contributed by atoms with van der Waals surface area (Å²) >= 11 is 0. The molecule has 140 valence electrons. The van der Waals surface area contributed by atoms with Gasteiger partial charge in [-0.25, -0.2) is 0 Å². The van der Waals surface area contributed by atoms with Crippen LogP contribution >= 0.6 is 0 Å². The van der Waals surface area contributed by atoms with Crippen LogP contribution in [0, 0.1) is 0 Å². The van der Waals surface area contributed by atoms with Gasteiger partial charge in [-0.3, -0.25) is 4.79 Å². The summed E-state index contributed by atoms with van der Waals surface area (Å²) in [6.07, 6.45) is -0.606. The van der Waals surface area contributed by atoms with E-state index in [-0.39, 0.29) is 5.91 Å². The van der Waals surface area contributed by atoms with Crippen molar-refractivity contribution in [3.63, 3.8) is 0 Å². The normalized spacial score (nSPS) is 16.4. The summed E-state index contributed by atoms with van der Waals surface area (Å²) in [5, 5.41) is 8.04. The van der Waals surface area contributed by atoms with E-state index in [1.165, 1.54) is 15.3 Å². The summed E-state index contributed by atoms with van der Waals surface area (Å²) in [6, 6.07) is 18.0. The minimum atomic E-state index is -0.606. The topological polar surface area (TPSA) is 64.7 Å². The van der Waals surface area contributed by atoms with Crippen LogP contribution in [0.5, 0.6) is 0 Å². The molecular weight excluding hydrogens is 342 g/mol. The maximum atomic E-state index is 12.8. The molecule has 0 spiro atoms. The molecule has 7 heteroatoms. The molecule has 0 unspecified atom stereocenters. The van der Waals surface area contributed by atoms with E-state index in [9.17, 15) is 4.79 Å². The highest BCUT2D eigenvalue weighted by Gasteiger charge is 2.28. The van der Waals surface area contributed by atoms with Gasteiger partial charge in [-0.2, -0.15) is 0 Å². The first kappa shape index (κ1) is 17.5. The first-order valence-corrected chi connectivity index (χ1v) is 9.34. The standard InChI is InChI=1S/C20H23N5O2/c1-16(27-25-19-10-6-5-9-18(19)21-22-25)20(26)24-13-11-23(12-14-24)15-17-7-3-2-4-8-17/h2-10,16H,11-15H2,1H3/p+1/t16-/m1/s1. The van der Waals surface area contributed by atoms with Crippen molar-refractivity contribution in [3.05, 3.63) is 60.2 Å². The van der Waals surface area contributed by atoms with Gasteiger partial charge in [-0.15, -0.1) is 5.10 Å². The number of aromatic nitrogens is 3. The second kappa shape index (κ2) is 7.75. The van der Waals surface area contributed by atoms with E-state index in [2.05, 4.69) is 34.6 Å². The molecule has 27 heavy (non-hydrogen) atoms. The van der Waals surface area contributed by atoms with E-state index in [0.717, 1.165) is 43.8 Å². The SMILES string of the molecule is C[C@@H](On1nnc2ccccc21)C(=O)N1CC[NH+](Cc2ccccc2)CC1. The predicted molar refractivity (Wildman–Crippen MR) is 101 cm³/mol. The minimum Gasteiger partial charge on any atom is -0.382 e. The molecule has 0 aliphatic carbocycles. The second-order valence-corrected chi connectivity index (χ2v) is 6.94. The van der Waals surface area contributed by atoms with Gasteiger partial charge in [0.2, 0.25) is 6.10 Å². The van der Waals surface area contributed by atoms with Crippen molar-refractivity contribution >= 4 is 16.9 Å². The average Bonchev–Trinajstić information content (AvgIpc) is 3.12. The lowest BCUT2D eigenvalue weighted by atomic mass is 10.2. The van der Waals surface area contributed by atoms with Gasteiger partial charge in [-0.05, 0) is 24.3 Å². The Bertz CT molecular complexity index is 903. The van der Waals surface area contributed by atoms with Crippen LogP contribution in [0.4, 0.5) is 0 Å². The van der Waals surface area contributed by atoms with E-state index >= 15 is 0 Å². The molecule has 1 fully saturated rings. The van der Waals surface area contributed by atoms with Crippen LogP contribution in [-0.4, -0.2) is 58.2 Å². The van der Waals surface area contributed by atoms with Gasteiger partial charge in [0.05, 0.1) is 26.2 Å². The molecule has 1 N–H and O–H groups in total. The third-order valence-electron chi connectivity index (χ3n) is 5.01. The maximum absolute atomic E-state index is 12.8. The molecule has 0 bridgehead atoms. The van der Waals surface area contributed by atoms with Crippen molar-refractivity contribution in [2.24, 2.45) is 0 Å². The van der Waals surface area contributed by atoms with Crippen LogP contribution in [0.25, 0.3) is 11.0 Å². The van der Waals surface area contributed by atoms with E-state index < -0.39 is 6.10 Å². The second-order valence-electron chi connectivity index (χ2n) is 6.94. The zero-order valence-corrected chi connectivity index (χ0v) is 15.4. The van der Waals surface area contributed by atoms with E-state index in [4.69, 9.17) is 4.84 Å². The van der Waals surface area contributed by atoms with E-state index in [0.29, 0.717) is 0 Å². The Morgan fingerprint density at radius 3 is 2.59 bits per heavy atom. The van der Waals surface area contributed by atoms with Crippen molar-refractivity contribution in [2.45, 2.75) is 19.6 Å². The molecule has 1 aliphatic heterocycles. The van der Waals surface area contributed by atoms with Crippen molar-refractivity contribution in [3.8, 4) is 0 Å². The van der Waals surface area contributed by atoms with Crippen molar-refractivity contribution in [1.82, 2.24) is 20.1 Å². The third-order valence-corrected chi connectivity index (χ3v) is 5.01. The highest BCUT2D eigenvalue weighted by Crippen LogP contribution is 2.09. The predicted octanol–water partition coefficient (Wildman–Crippen LogP) is 0.176. The fourth-order valence-corrected chi connectivity index (χ4v) is 3.48. The molecule has 1 atom stereocenters. The smallest absolute Gasteiger partial charge is 0.266 e. The average molecular weight is 366 g/mol. The number of rotatable bonds is 5. The molecule has 1 aromatic heterocycles. The number of piperazine rings is 1. The van der Waals surface area contributed by atoms with Crippen LogP contribution in [0.1, 0.15) is 12.5 Å². The highest BCUT2D eigenvalue weighted by molar-refractivity contribution is 5.81. The molecule has 2 aromatic carbocycles. The molecule has 0 saturated carbocycles. The summed E-state index contributed by atoms with van der Waals surface area (Å²) in [4.78, 5) is 23.2. The van der Waals surface area contributed by atoms with E-state index in [1.54, 1.807) is 6.92 Å². The fourth-order valence-electron chi connectivity index (χ4n) is 3.48. The molecule has 1 saturated heterocycles. The Kier molecular flexibility index (Phi) is 5.02. The molecule has 2 heterocycles. The maximum Gasteiger partial charge on any atom is 0.266 e. The Balaban J connectivity index is 1.32. The summed E-state index contributed by atoms with van der Waals surface area (Å²) in [6.45, 7) is 6.14. The van der Waals surface area contributed by atoms with Crippen LogP contribution in [0.2, 0.25) is 0 Å². The van der Waals surface area contributed by atoms with Crippen LogP contribution in [0.3, 0.4) is 0 Å². The molecule has 7 nitrogen and oxygen atoms in total. The Morgan fingerprint density at radius 1 is 1.11 bits per heavy atom. The van der Waals surface area contributed by atoms with Gasteiger partial charge in [0.1, 0.15) is 17.6 Å². The fraction of sp³-hybridized carbons (Fsp3) is 0.350. The Hall–Kier alpha value is -2.93. The first-order chi connectivity index (χ1) is 13.2. The van der Waals surface area contributed by atoms with E-state index in [1.807, 2.05) is 35.2 Å². The number of amides is 1. The van der Waals surface area contributed by atoms with Gasteiger partial charge < -0.3 is 14.6 Å². The molecule has 3 aromatic rings. The summed E-state index contributed by atoms with van der Waals surface area (Å²) in [5.41, 5.74) is 2.84. The molecule has 4 rings (SSSR count). The van der Waals surface area contributed by atoms with Gasteiger partial charge >= 0.3 is 0 Å². The zero-order chi connectivity index (χ0) is 18.6. The number of quaternary nitrogens is 1. The number of benzene rings is 2. The zero-order valence-electron chi connectivity index (χ0n) is 15.4. The lowest BCUT2D eigenvalue weighted by Gasteiger charge is -2.33. The van der Waals surface area contributed by atoms with Crippen molar-refractivity contribution < 1.29 is 14.5 Å². The van der Waals surface area contributed by atoms with Gasteiger partial charge in [0.25, 0.3) is 5.91 Å². The van der Waals surface area contributed by atoms with Crippen molar-refractivity contribution in [1.29, 1.82) is 0 Å². The van der Waals surface area contributed by atoms with Crippen LogP contribution in [0.15, 0.2) is 54.6 Å². The molecule has 0 radical (unpaired) electrons. The number of fused-ring (bicyclic) bond motifs is 1. The van der Waals surface area contributed by atoms with Gasteiger partial charge in [-0.1, -0.05) is 47.3 Å². The lowest BCUT2D eigenvalue weighted by Crippen LogP contribution is -3.13. The minimum absolute atomic E-state index is 0.00616. The number of para-hydroxylation sites is 1. The monoisotopic (exact) mass is 366 g/mol. The molecule has 1 amide bonds. The third kappa shape index (κ3) is 3.93. The quantitative estimate of drug-likeness (QED) is 0.700. The number of nitrogens with one attached hydrogen (secondary N) is 1. The number of nitrogens with zero attached hydrogens (tertiary/aromatic N) is 4. The molecular formula is C20H24N5O2+. The first-order valence-electron chi connectivity index (χ1n) is 9.34. The Labute approximate surface area is 158 Å². The summed E-state index contributed by atoms with van der Waals surface area (Å²) in [5.74, 6) is -0.00616. The van der Waals surface area contributed by atoms with Gasteiger partial charge in [0.15, 0.2) is 0 Å². The van der Waals surface area contributed by atoms with Crippen LogP contribution < -0.4 is 9.74 Å². The number of hydrogen-bond donors (Lipinski definition) is 1.